The molecule has 0 unspecified atom stereocenters. The van der Waals surface area contributed by atoms with Crippen molar-refractivity contribution in [1.29, 1.82) is 0 Å². The van der Waals surface area contributed by atoms with Gasteiger partial charge < -0.3 is 10.2 Å². The number of nitrogens with one attached hydrogen (secondary N) is 1. The van der Waals surface area contributed by atoms with Gasteiger partial charge in [0.2, 0.25) is 11.8 Å². The van der Waals surface area contributed by atoms with Gasteiger partial charge in [-0.15, -0.1) is 11.8 Å². The van der Waals surface area contributed by atoms with Crippen molar-refractivity contribution in [2.45, 2.75) is 45.0 Å². The predicted octanol–water partition coefficient (Wildman–Crippen LogP) is 5.56. The molecule has 162 valence electrons. The number of thioether (sulfide) groups is 1. The first kappa shape index (κ1) is 24.6. The van der Waals surface area contributed by atoms with Gasteiger partial charge in [-0.2, -0.15) is 0 Å². The summed E-state index contributed by atoms with van der Waals surface area (Å²) in [6.07, 6.45) is 1.42. The van der Waals surface area contributed by atoms with Gasteiger partial charge in [-0.3, -0.25) is 9.59 Å². The Morgan fingerprint density at radius 1 is 1.03 bits per heavy atom. The Hall–Kier alpha value is -1.69. The lowest BCUT2D eigenvalue weighted by Crippen LogP contribution is -2.49. The number of nitrogens with zero attached hydrogens (tertiary/aromatic N) is 1. The van der Waals surface area contributed by atoms with Crippen LogP contribution >= 0.6 is 35.0 Å². The fourth-order valence-corrected chi connectivity index (χ4v) is 4.21. The largest absolute Gasteiger partial charge is 0.354 e. The molecule has 0 aliphatic rings. The highest BCUT2D eigenvalue weighted by Crippen LogP contribution is 2.25. The normalized spacial score (nSPS) is 11.7. The topological polar surface area (TPSA) is 49.4 Å². The number of carbonyl (C=O) groups excluding carboxylic acids is 2. The molecular weight excluding hydrogens is 439 g/mol. The number of hydrogen-bond donors (Lipinski definition) is 1. The molecule has 2 aromatic rings. The molecule has 0 heterocycles. The molecule has 0 aliphatic heterocycles. The summed E-state index contributed by atoms with van der Waals surface area (Å²) < 4.78 is 0. The van der Waals surface area contributed by atoms with Gasteiger partial charge >= 0.3 is 0 Å². The smallest absolute Gasteiger partial charge is 0.242 e. The van der Waals surface area contributed by atoms with Crippen LogP contribution in [0.4, 0.5) is 0 Å². The third kappa shape index (κ3) is 7.53. The summed E-state index contributed by atoms with van der Waals surface area (Å²) in [6, 6.07) is 14.7. The summed E-state index contributed by atoms with van der Waals surface area (Å²) >= 11 is 13.5. The van der Waals surface area contributed by atoms with Gasteiger partial charge in [0.25, 0.3) is 0 Å². The van der Waals surface area contributed by atoms with E-state index >= 15 is 0 Å². The average Bonchev–Trinajstić information content (AvgIpc) is 2.75. The lowest BCUT2D eigenvalue weighted by atomic mass is 10.1. The molecule has 4 nitrogen and oxygen atoms in total. The summed E-state index contributed by atoms with van der Waals surface area (Å²) in [4.78, 5) is 27.5. The summed E-state index contributed by atoms with van der Waals surface area (Å²) in [5, 5.41) is 3.95. The third-order valence-electron chi connectivity index (χ3n) is 4.61. The second kappa shape index (κ2) is 12.9. The molecule has 0 spiro atoms. The van der Waals surface area contributed by atoms with E-state index in [2.05, 4.69) is 5.32 Å². The molecule has 1 atom stereocenters. The van der Waals surface area contributed by atoms with Crippen LogP contribution in [0, 0.1) is 0 Å². The van der Waals surface area contributed by atoms with Crippen molar-refractivity contribution in [2.24, 2.45) is 0 Å². The van der Waals surface area contributed by atoms with Crippen LogP contribution in [0.5, 0.6) is 0 Å². The van der Waals surface area contributed by atoms with Crippen LogP contribution in [-0.2, 0) is 21.9 Å². The van der Waals surface area contributed by atoms with E-state index < -0.39 is 6.04 Å². The minimum absolute atomic E-state index is 0.0533. The third-order valence-corrected chi connectivity index (χ3v) is 6.34. The zero-order valence-electron chi connectivity index (χ0n) is 17.4. The molecule has 0 aliphatic carbocycles. The summed E-state index contributed by atoms with van der Waals surface area (Å²) in [6.45, 7) is 4.96. The first-order chi connectivity index (χ1) is 14.5. The lowest BCUT2D eigenvalue weighted by molar-refractivity contribution is -0.139. The van der Waals surface area contributed by atoms with E-state index in [0.717, 1.165) is 17.5 Å². The summed E-state index contributed by atoms with van der Waals surface area (Å²) in [5.41, 5.74) is 2.01. The Balaban J connectivity index is 2.08. The maximum atomic E-state index is 13.1. The number of halogens is 2. The molecule has 1 N–H and O–H groups in total. The molecule has 30 heavy (non-hydrogen) atoms. The van der Waals surface area contributed by atoms with Crippen LogP contribution in [0.1, 0.15) is 37.8 Å². The van der Waals surface area contributed by atoms with Gasteiger partial charge in [0.1, 0.15) is 6.04 Å². The molecule has 0 bridgehead atoms. The minimum Gasteiger partial charge on any atom is -0.354 e. The fourth-order valence-electron chi connectivity index (χ4n) is 3.03. The molecule has 0 radical (unpaired) electrons. The molecule has 2 rings (SSSR count). The van der Waals surface area contributed by atoms with E-state index in [1.165, 1.54) is 11.8 Å². The second-order valence-corrected chi connectivity index (χ2v) is 8.76. The molecule has 2 amide bonds. The summed E-state index contributed by atoms with van der Waals surface area (Å²) in [5.74, 6) is 0.770. The number of amides is 2. The first-order valence-electron chi connectivity index (χ1n) is 10.1. The highest BCUT2D eigenvalue weighted by Gasteiger charge is 2.28. The molecular formula is C23H28Cl2N2O2S. The van der Waals surface area contributed by atoms with Crippen LogP contribution in [0.15, 0.2) is 48.5 Å². The van der Waals surface area contributed by atoms with Gasteiger partial charge in [-0.05, 0) is 36.1 Å². The quantitative estimate of drug-likeness (QED) is 0.471. The molecule has 2 aromatic carbocycles. The monoisotopic (exact) mass is 466 g/mol. The molecule has 0 aromatic heterocycles. The van der Waals surface area contributed by atoms with E-state index in [0.29, 0.717) is 35.3 Å². The van der Waals surface area contributed by atoms with Crippen LogP contribution in [0.2, 0.25) is 10.0 Å². The highest BCUT2D eigenvalue weighted by atomic mass is 35.5. The Bertz CT molecular complexity index is 833. The zero-order valence-corrected chi connectivity index (χ0v) is 19.7. The van der Waals surface area contributed by atoms with Crippen molar-refractivity contribution >= 4 is 46.8 Å². The van der Waals surface area contributed by atoms with Crippen LogP contribution in [-0.4, -0.2) is 35.1 Å². The van der Waals surface area contributed by atoms with E-state index in [9.17, 15) is 9.59 Å². The first-order valence-corrected chi connectivity index (χ1v) is 12.0. The maximum Gasteiger partial charge on any atom is 0.242 e. The van der Waals surface area contributed by atoms with Crippen molar-refractivity contribution in [3.8, 4) is 0 Å². The van der Waals surface area contributed by atoms with E-state index in [1.54, 1.807) is 11.0 Å². The average molecular weight is 467 g/mol. The highest BCUT2D eigenvalue weighted by molar-refractivity contribution is 7.99. The van der Waals surface area contributed by atoms with Gasteiger partial charge in [-0.25, -0.2) is 0 Å². The number of hydrogen-bond acceptors (Lipinski definition) is 3. The van der Waals surface area contributed by atoms with E-state index in [-0.39, 0.29) is 17.6 Å². The van der Waals surface area contributed by atoms with Gasteiger partial charge in [-0.1, -0.05) is 73.4 Å². The van der Waals surface area contributed by atoms with Crippen molar-refractivity contribution in [3.63, 3.8) is 0 Å². The van der Waals surface area contributed by atoms with Crippen LogP contribution in [0.3, 0.4) is 0 Å². The van der Waals surface area contributed by atoms with Crippen molar-refractivity contribution < 1.29 is 9.59 Å². The van der Waals surface area contributed by atoms with Gasteiger partial charge in [0.05, 0.1) is 15.8 Å². The fraction of sp³-hybridized carbons (Fsp3) is 0.391. The number of rotatable bonds is 11. The molecule has 0 saturated heterocycles. The standard InChI is InChI=1S/C23H28Cl2N2O2S/c1-3-12-26-23(29)21(4-2)27(14-17-8-6-5-7-9-17)22(28)16-30-15-18-10-11-19(24)20(25)13-18/h5-11,13,21H,3-4,12,14-16H2,1-2H3,(H,26,29)/t21-/m0/s1. The van der Waals surface area contributed by atoms with Gasteiger partial charge in [0, 0.05) is 18.8 Å². The number of benzene rings is 2. The number of carbonyl (C=O) groups is 2. The lowest BCUT2D eigenvalue weighted by Gasteiger charge is -2.30. The minimum atomic E-state index is -0.491. The molecule has 0 saturated carbocycles. The Kier molecular flexibility index (Phi) is 10.6. The van der Waals surface area contributed by atoms with Crippen molar-refractivity contribution in [1.82, 2.24) is 10.2 Å². The molecule has 0 fully saturated rings. The zero-order chi connectivity index (χ0) is 21.9. The second-order valence-electron chi connectivity index (χ2n) is 6.96. The SMILES string of the molecule is CCCNC(=O)[C@H](CC)N(Cc1ccccc1)C(=O)CSCc1ccc(Cl)c(Cl)c1. The van der Waals surface area contributed by atoms with E-state index in [1.807, 2.05) is 56.3 Å². The Labute approximate surface area is 193 Å². The summed E-state index contributed by atoms with van der Waals surface area (Å²) in [7, 11) is 0. The predicted molar refractivity (Wildman–Crippen MR) is 127 cm³/mol. The maximum absolute atomic E-state index is 13.1. The van der Waals surface area contributed by atoms with Crippen molar-refractivity contribution in [3.05, 3.63) is 69.7 Å². The Morgan fingerprint density at radius 2 is 1.77 bits per heavy atom. The van der Waals surface area contributed by atoms with Gasteiger partial charge in [0.15, 0.2) is 0 Å². The van der Waals surface area contributed by atoms with Crippen molar-refractivity contribution in [2.75, 3.05) is 12.3 Å². The van der Waals surface area contributed by atoms with E-state index in [4.69, 9.17) is 23.2 Å². The van der Waals surface area contributed by atoms with Crippen LogP contribution in [0.25, 0.3) is 0 Å². The Morgan fingerprint density at radius 3 is 2.40 bits per heavy atom. The molecule has 7 heteroatoms. The van der Waals surface area contributed by atoms with Crippen LogP contribution < -0.4 is 5.32 Å².